The Hall–Kier alpha value is -3.93. The third kappa shape index (κ3) is 3.67. The van der Waals surface area contributed by atoms with Crippen LogP contribution in [0, 0.1) is 13.8 Å². The van der Waals surface area contributed by atoms with Crippen LogP contribution in [0.25, 0.3) is 16.7 Å². The third-order valence-corrected chi connectivity index (χ3v) is 4.99. The quantitative estimate of drug-likeness (QED) is 0.516. The van der Waals surface area contributed by atoms with Gasteiger partial charge in [-0.2, -0.15) is 0 Å². The van der Waals surface area contributed by atoms with Gasteiger partial charge < -0.3 is 10.6 Å². The van der Waals surface area contributed by atoms with Gasteiger partial charge >= 0.3 is 0 Å². The number of imidazole rings is 1. The van der Waals surface area contributed by atoms with E-state index < -0.39 is 0 Å². The van der Waals surface area contributed by atoms with Gasteiger partial charge in [0, 0.05) is 29.5 Å². The molecule has 0 saturated heterocycles. The van der Waals surface area contributed by atoms with E-state index in [1.54, 1.807) is 24.3 Å². The lowest BCUT2D eigenvalue weighted by molar-refractivity contribution is -0.114. The predicted molar refractivity (Wildman–Crippen MR) is 119 cm³/mol. The SMILES string of the molecule is CC(=O)Nc1cccc(NC(=O)c2ccc3c(c2)nc(C)n3-c2ccccc2)c1C. The summed E-state index contributed by atoms with van der Waals surface area (Å²) in [7, 11) is 0. The Balaban J connectivity index is 1.65. The largest absolute Gasteiger partial charge is 0.326 e. The van der Waals surface area contributed by atoms with Gasteiger partial charge in [-0.15, -0.1) is 0 Å². The minimum Gasteiger partial charge on any atom is -0.326 e. The lowest BCUT2D eigenvalue weighted by Gasteiger charge is -2.13. The van der Waals surface area contributed by atoms with Crippen LogP contribution < -0.4 is 10.6 Å². The van der Waals surface area contributed by atoms with Crippen molar-refractivity contribution >= 4 is 34.2 Å². The number of aromatic nitrogens is 2. The molecule has 4 rings (SSSR count). The highest BCUT2D eigenvalue weighted by atomic mass is 16.2. The van der Waals surface area contributed by atoms with E-state index in [-0.39, 0.29) is 11.8 Å². The Kier molecular flexibility index (Phi) is 5.06. The maximum absolute atomic E-state index is 12.9. The number of rotatable bonds is 4. The predicted octanol–water partition coefficient (Wildman–Crippen LogP) is 4.85. The van der Waals surface area contributed by atoms with Crippen molar-refractivity contribution < 1.29 is 9.59 Å². The van der Waals surface area contributed by atoms with Crippen molar-refractivity contribution in [3.63, 3.8) is 0 Å². The lowest BCUT2D eigenvalue weighted by atomic mass is 10.1. The molecular formula is C24H22N4O2. The van der Waals surface area contributed by atoms with Crippen molar-refractivity contribution in [2.75, 3.05) is 10.6 Å². The molecule has 30 heavy (non-hydrogen) atoms. The molecule has 2 N–H and O–H groups in total. The summed E-state index contributed by atoms with van der Waals surface area (Å²) in [5.74, 6) is 0.468. The van der Waals surface area contributed by atoms with Crippen molar-refractivity contribution in [1.82, 2.24) is 9.55 Å². The molecule has 150 valence electrons. The Labute approximate surface area is 174 Å². The number of benzene rings is 3. The van der Waals surface area contributed by atoms with Crippen LogP contribution in [-0.4, -0.2) is 21.4 Å². The monoisotopic (exact) mass is 398 g/mol. The second kappa shape index (κ2) is 7.83. The molecule has 0 unspecified atom stereocenters. The number of carbonyl (C=O) groups is 2. The first-order chi connectivity index (χ1) is 14.4. The normalized spacial score (nSPS) is 10.8. The molecule has 6 nitrogen and oxygen atoms in total. The van der Waals surface area contributed by atoms with Crippen LogP contribution in [0.4, 0.5) is 11.4 Å². The van der Waals surface area contributed by atoms with Gasteiger partial charge in [0.25, 0.3) is 5.91 Å². The van der Waals surface area contributed by atoms with Crippen molar-refractivity contribution in [3.05, 3.63) is 83.7 Å². The number of hydrogen-bond donors (Lipinski definition) is 2. The summed E-state index contributed by atoms with van der Waals surface area (Å²) in [6.07, 6.45) is 0. The average molecular weight is 398 g/mol. The first-order valence-corrected chi connectivity index (χ1v) is 9.67. The van der Waals surface area contributed by atoms with E-state index in [1.807, 2.05) is 56.3 Å². The molecule has 0 spiro atoms. The van der Waals surface area contributed by atoms with Gasteiger partial charge in [-0.05, 0) is 61.9 Å². The number of amides is 2. The Morgan fingerprint density at radius 3 is 2.27 bits per heavy atom. The topological polar surface area (TPSA) is 76.0 Å². The van der Waals surface area contributed by atoms with Crippen molar-refractivity contribution in [2.45, 2.75) is 20.8 Å². The fourth-order valence-corrected chi connectivity index (χ4v) is 3.54. The zero-order chi connectivity index (χ0) is 21.3. The molecule has 0 saturated carbocycles. The Morgan fingerprint density at radius 2 is 1.57 bits per heavy atom. The summed E-state index contributed by atoms with van der Waals surface area (Å²) in [5.41, 5.74) is 5.37. The van der Waals surface area contributed by atoms with Gasteiger partial charge in [0.05, 0.1) is 11.0 Å². The van der Waals surface area contributed by atoms with E-state index in [0.29, 0.717) is 16.9 Å². The number of hydrogen-bond acceptors (Lipinski definition) is 3. The molecule has 0 aliphatic carbocycles. The van der Waals surface area contributed by atoms with Gasteiger partial charge in [-0.1, -0.05) is 24.3 Å². The lowest BCUT2D eigenvalue weighted by Crippen LogP contribution is -2.14. The van der Waals surface area contributed by atoms with E-state index in [9.17, 15) is 9.59 Å². The molecule has 2 amide bonds. The first-order valence-electron chi connectivity index (χ1n) is 9.67. The number of carbonyl (C=O) groups excluding carboxylic acids is 2. The summed E-state index contributed by atoms with van der Waals surface area (Å²) in [6, 6.07) is 20.9. The second-order valence-electron chi connectivity index (χ2n) is 7.15. The molecule has 0 fully saturated rings. The van der Waals surface area contributed by atoms with E-state index in [1.165, 1.54) is 6.92 Å². The molecule has 0 bridgehead atoms. The maximum Gasteiger partial charge on any atom is 0.255 e. The minimum atomic E-state index is -0.230. The molecule has 6 heteroatoms. The highest BCUT2D eigenvalue weighted by Crippen LogP contribution is 2.25. The molecule has 1 heterocycles. The highest BCUT2D eigenvalue weighted by molar-refractivity contribution is 6.07. The maximum atomic E-state index is 12.9. The van der Waals surface area contributed by atoms with Crippen LogP contribution in [0.15, 0.2) is 66.7 Å². The van der Waals surface area contributed by atoms with E-state index in [2.05, 4.69) is 20.2 Å². The Morgan fingerprint density at radius 1 is 0.867 bits per heavy atom. The van der Waals surface area contributed by atoms with E-state index in [4.69, 9.17) is 0 Å². The van der Waals surface area contributed by atoms with Gasteiger partial charge in [0.1, 0.15) is 5.82 Å². The number of anilines is 2. The van der Waals surface area contributed by atoms with Gasteiger partial charge in [-0.25, -0.2) is 4.98 Å². The fraction of sp³-hybridized carbons (Fsp3) is 0.125. The third-order valence-electron chi connectivity index (χ3n) is 4.99. The molecule has 0 radical (unpaired) electrons. The molecular weight excluding hydrogens is 376 g/mol. The number of nitrogens with one attached hydrogen (secondary N) is 2. The zero-order valence-electron chi connectivity index (χ0n) is 17.1. The first kappa shape index (κ1) is 19.4. The van der Waals surface area contributed by atoms with Crippen molar-refractivity contribution in [2.24, 2.45) is 0 Å². The van der Waals surface area contributed by atoms with Crippen LogP contribution in [0.2, 0.25) is 0 Å². The van der Waals surface area contributed by atoms with Crippen LogP contribution in [-0.2, 0) is 4.79 Å². The Bertz CT molecular complexity index is 1260. The van der Waals surface area contributed by atoms with Crippen LogP contribution in [0.5, 0.6) is 0 Å². The zero-order valence-corrected chi connectivity index (χ0v) is 17.1. The molecule has 0 aliphatic heterocycles. The molecule has 1 aromatic heterocycles. The van der Waals surface area contributed by atoms with Gasteiger partial charge in [0.15, 0.2) is 0 Å². The van der Waals surface area contributed by atoms with Crippen LogP contribution in [0.3, 0.4) is 0 Å². The van der Waals surface area contributed by atoms with E-state index in [0.717, 1.165) is 28.1 Å². The minimum absolute atomic E-state index is 0.156. The molecule has 0 aliphatic rings. The molecule has 4 aromatic rings. The second-order valence-corrected chi connectivity index (χ2v) is 7.15. The van der Waals surface area contributed by atoms with Crippen molar-refractivity contribution in [1.29, 1.82) is 0 Å². The number of nitrogens with zero attached hydrogens (tertiary/aromatic N) is 2. The smallest absolute Gasteiger partial charge is 0.255 e. The van der Waals surface area contributed by atoms with Crippen LogP contribution in [0.1, 0.15) is 28.7 Å². The number of para-hydroxylation sites is 1. The fourth-order valence-electron chi connectivity index (χ4n) is 3.54. The summed E-state index contributed by atoms with van der Waals surface area (Å²) in [5, 5.41) is 5.71. The highest BCUT2D eigenvalue weighted by Gasteiger charge is 2.14. The van der Waals surface area contributed by atoms with E-state index >= 15 is 0 Å². The van der Waals surface area contributed by atoms with Crippen LogP contribution >= 0.6 is 0 Å². The summed E-state index contributed by atoms with van der Waals surface area (Å²) < 4.78 is 2.07. The summed E-state index contributed by atoms with van der Waals surface area (Å²) >= 11 is 0. The average Bonchev–Trinajstić information content (AvgIpc) is 3.06. The molecule has 3 aromatic carbocycles. The standard InChI is InChI=1S/C24H22N4O2/c1-15-20(26-17(3)29)10-7-11-21(15)27-24(30)18-12-13-23-22(14-18)25-16(2)28(23)19-8-5-4-6-9-19/h4-14H,1-3H3,(H,26,29)(H,27,30). The summed E-state index contributed by atoms with van der Waals surface area (Å²) in [6.45, 7) is 5.26. The molecule has 0 atom stereocenters. The summed E-state index contributed by atoms with van der Waals surface area (Å²) in [4.78, 5) is 28.9. The van der Waals surface area contributed by atoms with Gasteiger partial charge in [0.2, 0.25) is 5.91 Å². The number of aryl methyl sites for hydroxylation is 1. The van der Waals surface area contributed by atoms with Crippen molar-refractivity contribution in [3.8, 4) is 5.69 Å². The van der Waals surface area contributed by atoms with Gasteiger partial charge in [-0.3, -0.25) is 14.2 Å². The number of fused-ring (bicyclic) bond motifs is 1.